The second-order valence-corrected chi connectivity index (χ2v) is 12.8. The van der Waals surface area contributed by atoms with Crippen molar-refractivity contribution in [1.29, 1.82) is 0 Å². The zero-order valence-electron chi connectivity index (χ0n) is 21.0. The number of nitro groups is 1. The van der Waals surface area contributed by atoms with Gasteiger partial charge in [-0.2, -0.15) is 4.90 Å². The molecule has 1 aliphatic rings. The topological polar surface area (TPSA) is 166 Å². The van der Waals surface area contributed by atoms with Crippen LogP contribution in [0.1, 0.15) is 61.0 Å². The van der Waals surface area contributed by atoms with E-state index < -0.39 is 72.0 Å². The van der Waals surface area contributed by atoms with Crippen molar-refractivity contribution in [2.24, 2.45) is 4.99 Å². The Balaban J connectivity index is 2.80. The van der Waals surface area contributed by atoms with E-state index in [0.29, 0.717) is 4.90 Å². The molecule has 2 amide bonds. The van der Waals surface area contributed by atoms with Gasteiger partial charge >= 0.3 is 12.2 Å². The molecule has 1 heterocycles. The first-order valence-electron chi connectivity index (χ1n) is 10.7. The molecule has 0 bridgehead atoms. The number of amidine groups is 1. The number of aliphatic imine (C=N–C) groups is 1. The SMILES string of the molecule is CC1C(N(C(=O)OC(C)(C)C)C(=O)OC(C)(C)C)=N[C@](C)(c2cc([N+](=O)[O-])ccc2O)CS1(=O)=O. The van der Waals surface area contributed by atoms with Crippen molar-refractivity contribution in [1.82, 2.24) is 4.90 Å². The van der Waals surface area contributed by atoms with Crippen molar-refractivity contribution in [2.45, 2.75) is 77.4 Å². The van der Waals surface area contributed by atoms with Crippen molar-refractivity contribution in [3.05, 3.63) is 33.9 Å². The highest BCUT2D eigenvalue weighted by Crippen LogP contribution is 2.40. The number of aromatic hydroxyl groups is 1. The first kappa shape index (κ1) is 28.0. The van der Waals surface area contributed by atoms with Gasteiger partial charge in [-0.25, -0.2) is 18.0 Å². The fourth-order valence-corrected chi connectivity index (χ4v) is 5.10. The predicted octanol–water partition coefficient (Wildman–Crippen LogP) is 3.90. The molecule has 12 nitrogen and oxygen atoms in total. The molecule has 0 aromatic heterocycles. The number of nitrogens with zero attached hydrogens (tertiary/aromatic N) is 3. The van der Waals surface area contributed by atoms with Gasteiger partial charge in [0.15, 0.2) is 9.84 Å². The summed E-state index contributed by atoms with van der Waals surface area (Å²) in [4.78, 5) is 41.6. The number of ether oxygens (including phenoxy) is 2. The van der Waals surface area contributed by atoms with Gasteiger partial charge in [0.25, 0.3) is 5.69 Å². The summed E-state index contributed by atoms with van der Waals surface area (Å²) in [7, 11) is -4.08. The smallest absolute Gasteiger partial charge is 0.425 e. The Bertz CT molecular complexity index is 1150. The summed E-state index contributed by atoms with van der Waals surface area (Å²) in [6.07, 6.45) is -2.42. The maximum atomic E-state index is 13.2. The Labute approximate surface area is 204 Å². The molecule has 1 aromatic rings. The third kappa shape index (κ3) is 6.47. The molecule has 2 atom stereocenters. The van der Waals surface area contributed by atoms with E-state index in [9.17, 15) is 33.2 Å². The number of phenolic OH excluding ortho intramolecular Hbond substituents is 1. The number of non-ortho nitro benzene ring substituents is 1. The van der Waals surface area contributed by atoms with Gasteiger partial charge in [-0.05, 0) is 61.5 Å². The molecule has 13 heteroatoms. The number of hydrogen-bond acceptors (Lipinski definition) is 10. The van der Waals surface area contributed by atoms with Crippen LogP contribution >= 0.6 is 0 Å². The standard InChI is InChI=1S/C22H31N3O9S/c1-13-17(24(18(27)33-20(2,3)4)19(28)34-21(5,6)7)23-22(8,12-35(13,31)32)15-11-14(25(29)30)9-10-16(15)26/h9-11,13,26H,12H2,1-8H3/t13?,22-/m0/s1. The van der Waals surface area contributed by atoms with Crippen LogP contribution in [0.2, 0.25) is 0 Å². The minimum atomic E-state index is -4.08. The lowest BCUT2D eigenvalue weighted by atomic mass is 9.93. The minimum Gasteiger partial charge on any atom is -0.508 e. The maximum absolute atomic E-state index is 13.2. The summed E-state index contributed by atoms with van der Waals surface area (Å²) >= 11 is 0. The van der Waals surface area contributed by atoms with Crippen molar-refractivity contribution >= 4 is 33.5 Å². The van der Waals surface area contributed by atoms with E-state index in [1.807, 2.05) is 0 Å². The van der Waals surface area contributed by atoms with Crippen molar-refractivity contribution in [3.63, 3.8) is 0 Å². The quantitative estimate of drug-likeness (QED) is 0.456. The highest BCUT2D eigenvalue weighted by molar-refractivity contribution is 7.92. The van der Waals surface area contributed by atoms with Crippen molar-refractivity contribution in [3.8, 4) is 5.75 Å². The highest BCUT2D eigenvalue weighted by Gasteiger charge is 2.49. The molecule has 0 spiro atoms. The molecule has 0 saturated heterocycles. The molecule has 0 saturated carbocycles. The molecular weight excluding hydrogens is 482 g/mol. The molecule has 35 heavy (non-hydrogen) atoms. The fourth-order valence-electron chi connectivity index (χ4n) is 3.37. The number of rotatable bonds is 2. The van der Waals surface area contributed by atoms with Crippen LogP contribution in [0.4, 0.5) is 15.3 Å². The zero-order valence-corrected chi connectivity index (χ0v) is 21.8. The third-order valence-corrected chi connectivity index (χ3v) is 7.15. The average molecular weight is 514 g/mol. The highest BCUT2D eigenvalue weighted by atomic mass is 32.2. The number of sulfone groups is 1. The van der Waals surface area contributed by atoms with E-state index in [0.717, 1.165) is 18.2 Å². The molecule has 1 aromatic carbocycles. The molecule has 0 fully saturated rings. The van der Waals surface area contributed by atoms with Crippen LogP contribution in [0.15, 0.2) is 23.2 Å². The Morgan fingerprint density at radius 1 is 1.14 bits per heavy atom. The van der Waals surface area contributed by atoms with Crippen LogP contribution in [0.25, 0.3) is 0 Å². The third-order valence-electron chi connectivity index (χ3n) is 4.90. The molecule has 0 radical (unpaired) electrons. The zero-order chi connectivity index (χ0) is 27.1. The average Bonchev–Trinajstić information content (AvgIpc) is 2.62. The summed E-state index contributed by atoms with van der Waals surface area (Å²) in [6.45, 7) is 12.0. The Morgan fingerprint density at radius 2 is 1.63 bits per heavy atom. The van der Waals surface area contributed by atoms with Crippen LogP contribution in [-0.4, -0.2) is 63.6 Å². The van der Waals surface area contributed by atoms with Gasteiger partial charge in [0.2, 0.25) is 0 Å². The van der Waals surface area contributed by atoms with Crippen LogP contribution in [0.3, 0.4) is 0 Å². The Kier molecular flexibility index (Phi) is 7.28. The van der Waals surface area contributed by atoms with Crippen LogP contribution in [0.5, 0.6) is 5.75 Å². The van der Waals surface area contributed by atoms with Gasteiger partial charge in [0, 0.05) is 17.7 Å². The van der Waals surface area contributed by atoms with Gasteiger partial charge in [-0.15, -0.1) is 0 Å². The van der Waals surface area contributed by atoms with Crippen LogP contribution in [0, 0.1) is 10.1 Å². The van der Waals surface area contributed by atoms with Gasteiger partial charge in [0.1, 0.15) is 33.6 Å². The Hall–Kier alpha value is -3.22. The molecule has 1 aliphatic heterocycles. The summed E-state index contributed by atoms with van der Waals surface area (Å²) in [6, 6.07) is 3.12. The van der Waals surface area contributed by atoms with E-state index in [-0.39, 0.29) is 5.56 Å². The lowest BCUT2D eigenvalue weighted by Gasteiger charge is -2.37. The minimum absolute atomic E-state index is 0.159. The van der Waals surface area contributed by atoms with E-state index in [1.54, 1.807) is 41.5 Å². The summed E-state index contributed by atoms with van der Waals surface area (Å²) in [5.41, 5.74) is -4.43. The number of carbonyl (C=O) groups excluding carboxylic acids is 2. The normalized spacial score (nSPS) is 22.1. The molecule has 194 valence electrons. The van der Waals surface area contributed by atoms with Crippen LogP contribution in [-0.2, 0) is 24.8 Å². The monoisotopic (exact) mass is 513 g/mol. The van der Waals surface area contributed by atoms with Crippen molar-refractivity contribution < 1.29 is 37.5 Å². The van der Waals surface area contributed by atoms with E-state index in [1.165, 1.54) is 13.8 Å². The lowest BCUT2D eigenvalue weighted by molar-refractivity contribution is -0.385. The molecule has 0 aliphatic carbocycles. The largest absolute Gasteiger partial charge is 0.508 e. The summed E-state index contributed by atoms with van der Waals surface area (Å²) in [5.74, 6) is -1.57. The fraction of sp³-hybridized carbons (Fsp3) is 0.591. The van der Waals surface area contributed by atoms with Gasteiger partial charge in [-0.1, -0.05) is 0 Å². The predicted molar refractivity (Wildman–Crippen MR) is 127 cm³/mol. The number of imide groups is 1. The first-order valence-corrected chi connectivity index (χ1v) is 12.4. The number of hydrogen-bond donors (Lipinski definition) is 1. The van der Waals surface area contributed by atoms with Gasteiger partial charge in [0.05, 0.1) is 10.7 Å². The number of carbonyl (C=O) groups is 2. The number of amides is 2. The van der Waals surface area contributed by atoms with Crippen LogP contribution < -0.4 is 0 Å². The van der Waals surface area contributed by atoms with Crippen molar-refractivity contribution in [2.75, 3.05) is 5.75 Å². The van der Waals surface area contributed by atoms with Gasteiger partial charge < -0.3 is 14.6 Å². The molecule has 2 rings (SSSR count). The first-order chi connectivity index (χ1) is 15.7. The van der Waals surface area contributed by atoms with E-state index in [2.05, 4.69) is 4.99 Å². The maximum Gasteiger partial charge on any atom is 0.425 e. The summed E-state index contributed by atoms with van der Waals surface area (Å²) < 4.78 is 37.1. The molecular formula is C22H31N3O9S. The molecule has 1 N–H and O–H groups in total. The summed E-state index contributed by atoms with van der Waals surface area (Å²) in [5, 5.41) is 20.3. The number of benzene rings is 1. The second-order valence-electron chi connectivity index (χ2n) is 10.4. The number of nitro benzene ring substituents is 1. The lowest BCUT2D eigenvalue weighted by Crippen LogP contribution is -2.55. The Morgan fingerprint density at radius 3 is 2.06 bits per heavy atom. The van der Waals surface area contributed by atoms with E-state index in [4.69, 9.17) is 9.47 Å². The number of phenols is 1. The van der Waals surface area contributed by atoms with E-state index >= 15 is 0 Å². The molecule has 1 unspecified atom stereocenters. The van der Waals surface area contributed by atoms with Gasteiger partial charge in [-0.3, -0.25) is 15.1 Å². The second kappa shape index (κ2) is 9.10.